The van der Waals surface area contributed by atoms with Crippen molar-refractivity contribution in [2.45, 2.75) is 45.1 Å². The third kappa shape index (κ3) is 5.21. The van der Waals surface area contributed by atoms with E-state index in [1.807, 2.05) is 30.3 Å². The van der Waals surface area contributed by atoms with Crippen LogP contribution >= 0.6 is 12.4 Å². The number of carbonyl (C=O) groups is 2. The van der Waals surface area contributed by atoms with Gasteiger partial charge in [0.25, 0.3) is 0 Å². The van der Waals surface area contributed by atoms with Crippen molar-refractivity contribution in [2.75, 3.05) is 24.5 Å². The maximum atomic E-state index is 12.8. The van der Waals surface area contributed by atoms with Gasteiger partial charge in [0.1, 0.15) is 6.04 Å². The second-order valence-corrected chi connectivity index (χ2v) is 7.36. The van der Waals surface area contributed by atoms with E-state index in [4.69, 9.17) is 0 Å². The lowest BCUT2D eigenvalue weighted by molar-refractivity contribution is -0.129. The molecule has 2 aliphatic rings. The number of amides is 2. The molecule has 1 aromatic rings. The average molecular weight is 380 g/mol. The van der Waals surface area contributed by atoms with E-state index < -0.39 is 0 Å². The predicted octanol–water partition coefficient (Wildman–Crippen LogP) is 2.75. The van der Waals surface area contributed by atoms with Crippen LogP contribution in [0.5, 0.6) is 0 Å². The first kappa shape index (κ1) is 20.7. The quantitative estimate of drug-likeness (QED) is 0.826. The zero-order valence-corrected chi connectivity index (χ0v) is 16.3. The molecule has 26 heavy (non-hydrogen) atoms. The van der Waals surface area contributed by atoms with Gasteiger partial charge in [-0.15, -0.1) is 12.4 Å². The van der Waals surface area contributed by atoms with E-state index in [-0.39, 0.29) is 30.3 Å². The van der Waals surface area contributed by atoms with Crippen LogP contribution in [0.2, 0.25) is 0 Å². The number of halogens is 1. The van der Waals surface area contributed by atoms with Gasteiger partial charge in [-0.05, 0) is 62.7 Å². The van der Waals surface area contributed by atoms with Crippen LogP contribution in [-0.2, 0) is 9.59 Å². The molecule has 0 spiro atoms. The third-order valence-corrected chi connectivity index (χ3v) is 5.54. The summed E-state index contributed by atoms with van der Waals surface area (Å²) in [4.78, 5) is 27.0. The van der Waals surface area contributed by atoms with Crippen LogP contribution in [0.15, 0.2) is 30.3 Å². The number of piperidine rings is 2. The van der Waals surface area contributed by atoms with Crippen LogP contribution in [0.25, 0.3) is 0 Å². The Hall–Kier alpha value is -1.59. The van der Waals surface area contributed by atoms with Gasteiger partial charge in [-0.1, -0.05) is 25.1 Å². The zero-order valence-electron chi connectivity index (χ0n) is 15.4. The SMILES string of the molecule is CC(CC(=O)NC1CCCN(c2ccccc2)C1=O)C1CCNCC1.Cl. The molecule has 2 atom stereocenters. The highest BCUT2D eigenvalue weighted by Gasteiger charge is 2.31. The first-order valence-corrected chi connectivity index (χ1v) is 9.51. The zero-order chi connectivity index (χ0) is 17.6. The van der Waals surface area contributed by atoms with E-state index in [0.717, 1.165) is 51.0 Å². The topological polar surface area (TPSA) is 61.4 Å². The normalized spacial score (nSPS) is 22.4. The fourth-order valence-electron chi connectivity index (χ4n) is 4.00. The lowest BCUT2D eigenvalue weighted by atomic mass is 9.84. The molecule has 6 heteroatoms. The van der Waals surface area contributed by atoms with Crippen molar-refractivity contribution in [3.63, 3.8) is 0 Å². The summed E-state index contributed by atoms with van der Waals surface area (Å²) >= 11 is 0. The summed E-state index contributed by atoms with van der Waals surface area (Å²) in [5, 5.41) is 6.36. The maximum absolute atomic E-state index is 12.8. The molecule has 2 heterocycles. The summed E-state index contributed by atoms with van der Waals surface area (Å²) in [5.74, 6) is 1.00. The van der Waals surface area contributed by atoms with Gasteiger partial charge in [-0.25, -0.2) is 0 Å². The Balaban J connectivity index is 0.00000243. The summed E-state index contributed by atoms with van der Waals surface area (Å²) in [6.45, 7) is 4.97. The Morgan fingerprint density at radius 1 is 1.23 bits per heavy atom. The van der Waals surface area contributed by atoms with E-state index in [1.54, 1.807) is 4.90 Å². The number of hydrogen-bond donors (Lipinski definition) is 2. The van der Waals surface area contributed by atoms with Gasteiger partial charge in [0.2, 0.25) is 11.8 Å². The molecule has 0 radical (unpaired) electrons. The molecule has 2 aliphatic heterocycles. The fourth-order valence-corrected chi connectivity index (χ4v) is 4.00. The van der Waals surface area contributed by atoms with Crippen LogP contribution in [-0.4, -0.2) is 37.5 Å². The van der Waals surface area contributed by atoms with Crippen molar-refractivity contribution in [3.8, 4) is 0 Å². The number of carbonyl (C=O) groups excluding carboxylic acids is 2. The van der Waals surface area contributed by atoms with Gasteiger partial charge in [-0.3, -0.25) is 9.59 Å². The molecule has 2 unspecified atom stereocenters. The summed E-state index contributed by atoms with van der Waals surface area (Å²) < 4.78 is 0. The molecule has 2 saturated heterocycles. The lowest BCUT2D eigenvalue weighted by Gasteiger charge is -2.33. The second kappa shape index (κ2) is 9.93. The van der Waals surface area contributed by atoms with Crippen LogP contribution in [0.4, 0.5) is 5.69 Å². The maximum Gasteiger partial charge on any atom is 0.249 e. The van der Waals surface area contributed by atoms with Crippen LogP contribution < -0.4 is 15.5 Å². The smallest absolute Gasteiger partial charge is 0.249 e. The molecule has 0 saturated carbocycles. The van der Waals surface area contributed by atoms with Gasteiger partial charge in [0.15, 0.2) is 0 Å². The van der Waals surface area contributed by atoms with E-state index in [0.29, 0.717) is 18.3 Å². The highest BCUT2D eigenvalue weighted by Crippen LogP contribution is 2.25. The van der Waals surface area contributed by atoms with E-state index in [2.05, 4.69) is 17.6 Å². The molecule has 0 bridgehead atoms. The summed E-state index contributed by atoms with van der Waals surface area (Å²) in [5.41, 5.74) is 0.912. The third-order valence-electron chi connectivity index (χ3n) is 5.54. The Kier molecular flexibility index (Phi) is 7.91. The molecule has 2 N–H and O–H groups in total. The van der Waals surface area contributed by atoms with E-state index in [9.17, 15) is 9.59 Å². The Labute approximate surface area is 162 Å². The molecular formula is C20H30ClN3O2. The molecule has 0 aromatic heterocycles. The molecular weight excluding hydrogens is 350 g/mol. The van der Waals surface area contributed by atoms with Crippen molar-refractivity contribution in [1.29, 1.82) is 0 Å². The van der Waals surface area contributed by atoms with Crippen molar-refractivity contribution < 1.29 is 9.59 Å². The molecule has 5 nitrogen and oxygen atoms in total. The molecule has 2 amide bonds. The lowest BCUT2D eigenvalue weighted by Crippen LogP contribution is -2.52. The first-order valence-electron chi connectivity index (χ1n) is 9.51. The summed E-state index contributed by atoms with van der Waals surface area (Å²) in [6.07, 6.45) is 4.43. The van der Waals surface area contributed by atoms with Crippen molar-refractivity contribution >= 4 is 29.9 Å². The number of benzene rings is 1. The Bertz CT molecular complexity index is 590. The first-order chi connectivity index (χ1) is 12.1. The fraction of sp³-hybridized carbons (Fsp3) is 0.600. The summed E-state index contributed by atoms with van der Waals surface area (Å²) in [7, 11) is 0. The number of para-hydroxylation sites is 1. The van der Waals surface area contributed by atoms with Crippen molar-refractivity contribution in [1.82, 2.24) is 10.6 Å². The summed E-state index contributed by atoms with van der Waals surface area (Å²) in [6, 6.07) is 9.32. The highest BCUT2D eigenvalue weighted by molar-refractivity contribution is 5.99. The van der Waals surface area contributed by atoms with Crippen molar-refractivity contribution in [2.24, 2.45) is 11.8 Å². The number of hydrogen-bond acceptors (Lipinski definition) is 3. The Morgan fingerprint density at radius 3 is 2.62 bits per heavy atom. The number of nitrogens with one attached hydrogen (secondary N) is 2. The largest absolute Gasteiger partial charge is 0.344 e. The molecule has 1 aromatic carbocycles. The van der Waals surface area contributed by atoms with Gasteiger partial charge < -0.3 is 15.5 Å². The van der Waals surface area contributed by atoms with Crippen LogP contribution in [0.1, 0.15) is 39.0 Å². The Morgan fingerprint density at radius 2 is 1.92 bits per heavy atom. The molecule has 2 fully saturated rings. The van der Waals surface area contributed by atoms with Gasteiger partial charge >= 0.3 is 0 Å². The molecule has 3 rings (SSSR count). The number of anilines is 1. The molecule has 144 valence electrons. The number of rotatable bonds is 5. The van der Waals surface area contributed by atoms with E-state index in [1.165, 1.54) is 0 Å². The standard InChI is InChI=1S/C20H29N3O2.ClH/c1-15(16-9-11-21-12-10-16)14-19(24)22-18-8-5-13-23(20(18)25)17-6-3-2-4-7-17;/h2-4,6-7,15-16,18,21H,5,8-14H2,1H3,(H,22,24);1H. The minimum Gasteiger partial charge on any atom is -0.344 e. The second-order valence-electron chi connectivity index (χ2n) is 7.36. The predicted molar refractivity (Wildman–Crippen MR) is 107 cm³/mol. The van der Waals surface area contributed by atoms with Gasteiger partial charge in [-0.2, -0.15) is 0 Å². The average Bonchev–Trinajstić information content (AvgIpc) is 2.65. The molecule has 0 aliphatic carbocycles. The van der Waals surface area contributed by atoms with Gasteiger partial charge in [0, 0.05) is 18.7 Å². The van der Waals surface area contributed by atoms with Gasteiger partial charge in [0.05, 0.1) is 0 Å². The highest BCUT2D eigenvalue weighted by atomic mass is 35.5. The van der Waals surface area contributed by atoms with Crippen molar-refractivity contribution in [3.05, 3.63) is 30.3 Å². The van der Waals surface area contributed by atoms with Crippen LogP contribution in [0.3, 0.4) is 0 Å². The number of nitrogens with zero attached hydrogens (tertiary/aromatic N) is 1. The monoisotopic (exact) mass is 379 g/mol. The minimum atomic E-state index is -0.387. The minimum absolute atomic E-state index is 0. The van der Waals surface area contributed by atoms with Crippen LogP contribution in [0, 0.1) is 11.8 Å². The van der Waals surface area contributed by atoms with E-state index >= 15 is 0 Å².